The van der Waals surface area contributed by atoms with Gasteiger partial charge in [0.2, 0.25) is 5.78 Å². The summed E-state index contributed by atoms with van der Waals surface area (Å²) in [5.41, 5.74) is 7.63. The van der Waals surface area contributed by atoms with Crippen LogP contribution in [0.1, 0.15) is 36.5 Å². The molecule has 2 N–H and O–H groups in total. The Kier molecular flexibility index (Phi) is 6.33. The summed E-state index contributed by atoms with van der Waals surface area (Å²) in [7, 11) is 3.68. The van der Waals surface area contributed by atoms with Crippen molar-refractivity contribution in [2.24, 2.45) is 0 Å². The second-order valence-electron chi connectivity index (χ2n) is 4.72. The monoisotopic (exact) mass is 286 g/mol. The Morgan fingerprint density at radius 1 is 1.38 bits per heavy atom. The Bertz CT molecular complexity index is 586. The van der Waals surface area contributed by atoms with E-state index in [1.54, 1.807) is 17.3 Å². The van der Waals surface area contributed by atoms with Crippen LogP contribution >= 0.6 is 0 Å². The molecule has 1 rings (SSSR count). The van der Waals surface area contributed by atoms with Crippen LogP contribution in [0.5, 0.6) is 0 Å². The van der Waals surface area contributed by atoms with E-state index in [0.717, 1.165) is 12.0 Å². The fourth-order valence-corrected chi connectivity index (χ4v) is 1.65. The molecule has 1 aromatic heterocycles. The van der Waals surface area contributed by atoms with Gasteiger partial charge in [-0.1, -0.05) is 18.2 Å². The molecule has 0 aliphatic rings. The van der Waals surface area contributed by atoms with Crippen molar-refractivity contribution in [2.45, 2.75) is 20.3 Å². The first-order valence-corrected chi connectivity index (χ1v) is 6.77. The molecule has 0 aliphatic heterocycles. The molecule has 0 unspecified atom stereocenters. The molecule has 0 bridgehead atoms. The highest BCUT2D eigenvalue weighted by Gasteiger charge is 2.13. The van der Waals surface area contributed by atoms with Gasteiger partial charge < -0.3 is 10.6 Å². The van der Waals surface area contributed by atoms with Gasteiger partial charge in [-0.15, -0.1) is 0 Å². The highest BCUT2D eigenvalue weighted by atomic mass is 16.1. The van der Waals surface area contributed by atoms with Gasteiger partial charge in [0.1, 0.15) is 0 Å². The molecule has 0 spiro atoms. The number of nitrogens with two attached hydrogens (primary N) is 1. The number of hydrogen-bond acceptors (Lipinski definition) is 5. The van der Waals surface area contributed by atoms with E-state index in [1.807, 2.05) is 46.2 Å². The van der Waals surface area contributed by atoms with Crippen LogP contribution in [0.3, 0.4) is 0 Å². The van der Waals surface area contributed by atoms with Crippen molar-refractivity contribution >= 4 is 17.2 Å². The van der Waals surface area contributed by atoms with E-state index in [-0.39, 0.29) is 17.3 Å². The predicted octanol–water partition coefficient (Wildman–Crippen LogP) is 2.69. The SMILES string of the molecule is C/C=C\C/C(=C\C)c1cnc(N)c(C(=O)/C=C/N(C)C)n1. The Morgan fingerprint density at radius 3 is 2.67 bits per heavy atom. The summed E-state index contributed by atoms with van der Waals surface area (Å²) in [5, 5.41) is 0. The van der Waals surface area contributed by atoms with E-state index in [9.17, 15) is 4.79 Å². The number of carbonyl (C=O) groups excluding carboxylic acids is 1. The van der Waals surface area contributed by atoms with Crippen LogP contribution < -0.4 is 5.73 Å². The van der Waals surface area contributed by atoms with Crippen LogP contribution in [0, 0.1) is 0 Å². The van der Waals surface area contributed by atoms with Crippen LogP contribution in [-0.4, -0.2) is 34.7 Å². The molecule has 5 heteroatoms. The maximum Gasteiger partial charge on any atom is 0.209 e. The minimum atomic E-state index is -0.253. The summed E-state index contributed by atoms with van der Waals surface area (Å²) >= 11 is 0. The Morgan fingerprint density at radius 2 is 2.10 bits per heavy atom. The van der Waals surface area contributed by atoms with Crippen LogP contribution in [0.4, 0.5) is 5.82 Å². The van der Waals surface area contributed by atoms with E-state index in [2.05, 4.69) is 9.97 Å². The van der Waals surface area contributed by atoms with Gasteiger partial charge in [-0.05, 0) is 25.8 Å². The smallest absolute Gasteiger partial charge is 0.209 e. The molecule has 5 nitrogen and oxygen atoms in total. The number of hydrogen-bond donors (Lipinski definition) is 1. The summed E-state index contributed by atoms with van der Waals surface area (Å²) < 4.78 is 0. The van der Waals surface area contributed by atoms with Gasteiger partial charge in [-0.3, -0.25) is 4.79 Å². The maximum absolute atomic E-state index is 12.1. The minimum absolute atomic E-state index is 0.147. The van der Waals surface area contributed by atoms with Crippen LogP contribution in [0.25, 0.3) is 5.57 Å². The zero-order valence-corrected chi connectivity index (χ0v) is 13.0. The number of allylic oxidation sites excluding steroid dienone is 5. The third kappa shape index (κ3) is 4.87. The van der Waals surface area contributed by atoms with Gasteiger partial charge in [0.15, 0.2) is 11.5 Å². The lowest BCUT2D eigenvalue weighted by atomic mass is 10.1. The molecule has 1 aromatic rings. The summed E-state index contributed by atoms with van der Waals surface area (Å²) in [6, 6.07) is 0. The lowest BCUT2D eigenvalue weighted by Gasteiger charge is -2.07. The molecule has 112 valence electrons. The van der Waals surface area contributed by atoms with Crippen molar-refractivity contribution in [3.63, 3.8) is 0 Å². The Labute approximate surface area is 125 Å². The van der Waals surface area contributed by atoms with Gasteiger partial charge in [0.05, 0.1) is 11.9 Å². The lowest BCUT2D eigenvalue weighted by Crippen LogP contribution is -2.10. The number of anilines is 1. The van der Waals surface area contributed by atoms with Crippen LogP contribution in [0.15, 0.2) is 36.7 Å². The molecule has 21 heavy (non-hydrogen) atoms. The van der Waals surface area contributed by atoms with Gasteiger partial charge >= 0.3 is 0 Å². The second kappa shape index (κ2) is 7.99. The first kappa shape index (κ1) is 16.6. The molecule has 0 amide bonds. The molecule has 0 aromatic carbocycles. The van der Waals surface area contributed by atoms with Crippen molar-refractivity contribution < 1.29 is 4.79 Å². The molecular formula is C16H22N4O. The number of carbonyl (C=O) groups is 1. The highest BCUT2D eigenvalue weighted by molar-refractivity contribution is 6.06. The second-order valence-corrected chi connectivity index (χ2v) is 4.72. The number of nitrogens with zero attached hydrogens (tertiary/aromatic N) is 3. The van der Waals surface area contributed by atoms with E-state index < -0.39 is 0 Å². The molecule has 0 atom stereocenters. The summed E-state index contributed by atoms with van der Waals surface area (Å²) in [6.45, 7) is 3.90. The van der Waals surface area contributed by atoms with E-state index in [4.69, 9.17) is 5.73 Å². The average molecular weight is 286 g/mol. The fourth-order valence-electron chi connectivity index (χ4n) is 1.65. The molecule has 0 saturated carbocycles. The number of rotatable bonds is 6. The van der Waals surface area contributed by atoms with Crippen LogP contribution in [0.2, 0.25) is 0 Å². The normalized spacial score (nSPS) is 12.3. The molecular weight excluding hydrogens is 264 g/mol. The van der Waals surface area contributed by atoms with Crippen molar-refractivity contribution in [2.75, 3.05) is 19.8 Å². The zero-order chi connectivity index (χ0) is 15.8. The summed E-state index contributed by atoms with van der Waals surface area (Å²) in [5.74, 6) is -0.106. The third-order valence-electron chi connectivity index (χ3n) is 2.81. The van der Waals surface area contributed by atoms with Crippen molar-refractivity contribution in [1.29, 1.82) is 0 Å². The Hall–Kier alpha value is -2.43. The third-order valence-corrected chi connectivity index (χ3v) is 2.81. The maximum atomic E-state index is 12.1. The van der Waals surface area contributed by atoms with Crippen molar-refractivity contribution in [1.82, 2.24) is 14.9 Å². The lowest BCUT2D eigenvalue weighted by molar-refractivity contribution is 0.104. The largest absolute Gasteiger partial charge is 0.383 e. The van der Waals surface area contributed by atoms with Crippen LogP contribution in [-0.2, 0) is 0 Å². The molecule has 1 heterocycles. The van der Waals surface area contributed by atoms with Gasteiger partial charge in [-0.25, -0.2) is 9.97 Å². The average Bonchev–Trinajstić information content (AvgIpc) is 2.46. The van der Waals surface area contributed by atoms with E-state index in [0.29, 0.717) is 5.69 Å². The van der Waals surface area contributed by atoms with Gasteiger partial charge in [0.25, 0.3) is 0 Å². The molecule has 0 radical (unpaired) electrons. The fraction of sp³-hybridized carbons (Fsp3) is 0.312. The quantitative estimate of drug-likeness (QED) is 0.494. The first-order chi connectivity index (χ1) is 9.99. The predicted molar refractivity (Wildman–Crippen MR) is 86.7 cm³/mol. The van der Waals surface area contributed by atoms with Gasteiger partial charge in [-0.2, -0.15) is 0 Å². The summed E-state index contributed by atoms with van der Waals surface area (Å²) in [4.78, 5) is 22.3. The van der Waals surface area contributed by atoms with Gasteiger partial charge in [0, 0.05) is 26.4 Å². The number of aromatic nitrogens is 2. The first-order valence-electron chi connectivity index (χ1n) is 6.77. The zero-order valence-electron chi connectivity index (χ0n) is 13.0. The highest BCUT2D eigenvalue weighted by Crippen LogP contribution is 2.18. The number of nitrogen functional groups attached to an aromatic ring is 1. The topological polar surface area (TPSA) is 72.1 Å². The molecule has 0 saturated heterocycles. The molecule has 0 fully saturated rings. The standard InChI is InChI=1S/C16H22N4O/c1-5-7-8-12(6-2)13-11-18-16(17)15(19-13)14(21)9-10-20(3)4/h5-7,9-11H,8H2,1-4H3,(H2,17,18)/b7-5-,10-9+,12-6+. The summed E-state index contributed by atoms with van der Waals surface area (Å²) in [6.07, 6.45) is 11.4. The van der Waals surface area contributed by atoms with E-state index >= 15 is 0 Å². The van der Waals surface area contributed by atoms with Crippen molar-refractivity contribution in [3.05, 3.63) is 48.1 Å². The van der Waals surface area contributed by atoms with Crippen molar-refractivity contribution in [3.8, 4) is 0 Å². The number of ketones is 1. The minimum Gasteiger partial charge on any atom is -0.383 e. The Balaban J connectivity index is 3.12. The molecule has 0 aliphatic carbocycles. The van der Waals surface area contributed by atoms with E-state index in [1.165, 1.54) is 6.08 Å².